The van der Waals surface area contributed by atoms with Crippen molar-refractivity contribution >= 4 is 55.9 Å². The molecule has 1 spiro atoms. The number of fused-ring (bicyclic) bond motifs is 2. The molecule has 5 aliphatic rings. The van der Waals surface area contributed by atoms with E-state index < -0.39 is 22.0 Å². The zero-order valence-electron chi connectivity index (χ0n) is 34.7. The number of aromatic nitrogens is 3. The van der Waals surface area contributed by atoms with E-state index in [1.165, 1.54) is 20.3 Å². The van der Waals surface area contributed by atoms with Crippen molar-refractivity contribution in [2.24, 2.45) is 11.3 Å². The first-order chi connectivity index (χ1) is 30.0. The van der Waals surface area contributed by atoms with Gasteiger partial charge >= 0.3 is 0 Å². The Morgan fingerprint density at radius 3 is 2.56 bits per heavy atom. The normalized spacial score (nSPS) is 21.4. The lowest BCUT2D eigenvalue weighted by atomic mass is 9.71. The predicted molar refractivity (Wildman–Crippen MR) is 229 cm³/mol. The number of imide groups is 1. The lowest BCUT2D eigenvalue weighted by Gasteiger charge is -2.55. The highest BCUT2D eigenvalue weighted by Crippen LogP contribution is 2.47. The number of carbonyl (C=O) groups is 3. The number of nitrogens with zero attached hydrogens (tertiary/aromatic N) is 7. The van der Waals surface area contributed by atoms with Gasteiger partial charge in [0.05, 0.1) is 26.5 Å². The fraction of sp³-hybridized carbons (Fsp3) is 0.432. The standard InChI is InChI=1S/C44H49N9O8S/c1-59-35-19-29(24-52-15-4-14-45-52)20-36-39(35)41(47-61-36)48-62(57,58)37-6-3-5-33(40(37)60-2)51-26-44(27-51)12-17-49(18-13-44)22-28-11-16-50(23-28)31-7-8-32-30(21-31)25-53(43(32)56)34-9-10-38(54)46-42(34)55/h3-8,14-15,19-21,28,34H,9-13,16-18,22-27H2,1-2H3,(H,47,48)(H,46,54,55). The van der Waals surface area contributed by atoms with Crippen molar-refractivity contribution in [3.05, 3.63) is 83.7 Å². The maximum Gasteiger partial charge on any atom is 0.266 e. The molecular formula is C44H49N9O8S. The van der Waals surface area contributed by atoms with Gasteiger partial charge in [-0.3, -0.25) is 29.1 Å². The van der Waals surface area contributed by atoms with Crippen molar-refractivity contribution in [3.8, 4) is 11.5 Å². The van der Waals surface area contributed by atoms with Crippen molar-refractivity contribution in [1.29, 1.82) is 0 Å². The number of nitrogens with one attached hydrogen (secondary N) is 2. The van der Waals surface area contributed by atoms with Crippen LogP contribution in [0.25, 0.3) is 11.0 Å². The molecular weight excluding hydrogens is 815 g/mol. The van der Waals surface area contributed by atoms with Crippen LogP contribution in [0, 0.1) is 11.3 Å². The molecule has 0 bridgehead atoms. The number of piperidine rings is 2. The Bertz CT molecular complexity index is 2670. The van der Waals surface area contributed by atoms with Gasteiger partial charge in [0.1, 0.15) is 22.1 Å². The van der Waals surface area contributed by atoms with Crippen LogP contribution in [0.3, 0.4) is 0 Å². The highest BCUT2D eigenvalue weighted by atomic mass is 32.2. The third kappa shape index (κ3) is 7.27. The minimum Gasteiger partial charge on any atom is -0.496 e. The van der Waals surface area contributed by atoms with Crippen molar-refractivity contribution in [1.82, 2.24) is 30.1 Å². The van der Waals surface area contributed by atoms with Crippen LogP contribution >= 0.6 is 0 Å². The molecule has 10 rings (SSSR count). The summed E-state index contributed by atoms with van der Waals surface area (Å²) in [5, 5.41) is 11.1. The molecule has 5 aromatic rings. The molecule has 0 radical (unpaired) electrons. The molecule has 18 heteroatoms. The largest absolute Gasteiger partial charge is 0.496 e. The molecule has 4 fully saturated rings. The lowest BCUT2D eigenvalue weighted by Crippen LogP contribution is -2.60. The summed E-state index contributed by atoms with van der Waals surface area (Å²) in [4.78, 5) is 46.2. The van der Waals surface area contributed by atoms with E-state index >= 15 is 0 Å². The molecule has 17 nitrogen and oxygen atoms in total. The van der Waals surface area contributed by atoms with Crippen LogP contribution in [0.5, 0.6) is 11.5 Å². The van der Waals surface area contributed by atoms with Crippen molar-refractivity contribution < 1.29 is 36.8 Å². The fourth-order valence-electron chi connectivity index (χ4n) is 10.1. The van der Waals surface area contributed by atoms with Gasteiger partial charge in [-0.2, -0.15) is 5.10 Å². The summed E-state index contributed by atoms with van der Waals surface area (Å²) in [7, 11) is -1.15. The SMILES string of the molecule is COc1c(N2CC3(CCN(CC4CCN(c5ccc6c(c5)CN(C5CCC(=O)NC5=O)C6=O)C4)CC3)C2)cccc1S(=O)(=O)Nc1noc2cc(Cn3cccn3)cc(OC)c12. The van der Waals surface area contributed by atoms with Crippen molar-refractivity contribution in [2.45, 2.75) is 56.1 Å². The summed E-state index contributed by atoms with van der Waals surface area (Å²) in [5.41, 5.74) is 4.79. The quantitative estimate of drug-likeness (QED) is 0.171. The average Bonchev–Trinajstić information content (AvgIpc) is 4.08. The first kappa shape index (κ1) is 40.0. The van der Waals surface area contributed by atoms with Gasteiger partial charge in [-0.25, -0.2) is 8.42 Å². The summed E-state index contributed by atoms with van der Waals surface area (Å²) >= 11 is 0. The van der Waals surface area contributed by atoms with Gasteiger partial charge in [-0.1, -0.05) is 11.2 Å². The minimum atomic E-state index is -4.16. The number of anilines is 3. The summed E-state index contributed by atoms with van der Waals surface area (Å²) in [6.07, 6.45) is 7.36. The average molecular weight is 864 g/mol. The molecule has 2 unspecified atom stereocenters. The molecule has 2 aromatic heterocycles. The van der Waals surface area contributed by atoms with E-state index in [0.717, 1.165) is 87.6 Å². The summed E-state index contributed by atoms with van der Waals surface area (Å²) in [6, 6.07) is 16.0. The molecule has 0 saturated carbocycles. The predicted octanol–water partition coefficient (Wildman–Crippen LogP) is 4.08. The Kier molecular flexibility index (Phi) is 10.1. The smallest absolute Gasteiger partial charge is 0.266 e. The van der Waals surface area contributed by atoms with E-state index in [4.69, 9.17) is 14.0 Å². The number of hydrogen-bond acceptors (Lipinski definition) is 13. The number of amides is 3. The van der Waals surface area contributed by atoms with Gasteiger partial charge in [-0.05, 0) is 104 Å². The summed E-state index contributed by atoms with van der Waals surface area (Å²) in [5.74, 6) is 0.418. The number of methoxy groups -OCH3 is 2. The Morgan fingerprint density at radius 2 is 1.81 bits per heavy atom. The molecule has 0 aliphatic carbocycles. The Morgan fingerprint density at radius 1 is 0.968 bits per heavy atom. The minimum absolute atomic E-state index is 0.00636. The topological polar surface area (TPSA) is 185 Å². The number of carbonyl (C=O) groups excluding carboxylic acids is 3. The van der Waals surface area contributed by atoms with E-state index in [0.29, 0.717) is 47.7 Å². The number of hydrogen-bond donors (Lipinski definition) is 2. The zero-order chi connectivity index (χ0) is 42.8. The van der Waals surface area contributed by atoms with Crippen LogP contribution in [-0.4, -0.2) is 117 Å². The molecule has 324 valence electrons. The molecule has 4 saturated heterocycles. The maximum atomic E-state index is 14.0. The van der Waals surface area contributed by atoms with Gasteiger partial charge in [-0.15, -0.1) is 0 Å². The molecule has 2 atom stereocenters. The molecule has 3 amide bonds. The van der Waals surface area contributed by atoms with Crippen LogP contribution < -0.4 is 29.3 Å². The molecule has 3 aromatic carbocycles. The third-order valence-electron chi connectivity index (χ3n) is 13.4. The first-order valence-electron chi connectivity index (χ1n) is 21.1. The van der Waals surface area contributed by atoms with E-state index in [1.54, 1.807) is 27.9 Å². The van der Waals surface area contributed by atoms with Gasteiger partial charge in [0.25, 0.3) is 15.9 Å². The fourth-order valence-corrected chi connectivity index (χ4v) is 11.3. The van der Waals surface area contributed by atoms with Crippen LogP contribution in [0.15, 0.2) is 76.4 Å². The van der Waals surface area contributed by atoms with Crippen LogP contribution in [0.4, 0.5) is 17.2 Å². The molecule has 62 heavy (non-hydrogen) atoms. The number of benzene rings is 3. The van der Waals surface area contributed by atoms with E-state index in [-0.39, 0.29) is 40.1 Å². The Labute approximate surface area is 358 Å². The molecule has 2 N–H and O–H groups in total. The van der Waals surface area contributed by atoms with E-state index in [9.17, 15) is 22.8 Å². The second-order valence-corrected chi connectivity index (χ2v) is 19.0. The third-order valence-corrected chi connectivity index (χ3v) is 14.8. The van der Waals surface area contributed by atoms with Crippen molar-refractivity contribution in [2.75, 3.05) is 74.6 Å². The number of likely N-dealkylation sites (tertiary alicyclic amines) is 1. The van der Waals surface area contributed by atoms with Gasteiger partial charge in [0.15, 0.2) is 17.2 Å². The van der Waals surface area contributed by atoms with Crippen LogP contribution in [-0.2, 0) is 32.7 Å². The monoisotopic (exact) mass is 863 g/mol. The molecule has 5 aliphatic heterocycles. The number of sulfonamides is 1. The Balaban J connectivity index is 0.742. The van der Waals surface area contributed by atoms with E-state index in [1.807, 2.05) is 36.5 Å². The van der Waals surface area contributed by atoms with Gasteiger partial charge < -0.3 is 33.6 Å². The van der Waals surface area contributed by atoms with Gasteiger partial charge in [0.2, 0.25) is 11.8 Å². The summed E-state index contributed by atoms with van der Waals surface area (Å²) < 4.78 is 49.5. The van der Waals surface area contributed by atoms with Gasteiger partial charge in [0, 0.05) is 74.7 Å². The number of ether oxygens (including phenoxy) is 2. The highest BCUT2D eigenvalue weighted by molar-refractivity contribution is 7.92. The number of para-hydroxylation sites is 1. The highest BCUT2D eigenvalue weighted by Gasteiger charge is 2.46. The zero-order valence-corrected chi connectivity index (χ0v) is 35.5. The van der Waals surface area contributed by atoms with E-state index in [2.05, 4.69) is 41.1 Å². The van der Waals surface area contributed by atoms with Crippen molar-refractivity contribution in [3.63, 3.8) is 0 Å². The summed E-state index contributed by atoms with van der Waals surface area (Å²) in [6.45, 7) is 7.43. The maximum absolute atomic E-state index is 14.0. The lowest BCUT2D eigenvalue weighted by molar-refractivity contribution is -0.136. The van der Waals surface area contributed by atoms with Crippen LogP contribution in [0.1, 0.15) is 53.6 Å². The first-order valence-corrected chi connectivity index (χ1v) is 22.6. The second kappa shape index (κ2) is 15.6. The molecule has 7 heterocycles. The number of rotatable bonds is 12. The second-order valence-electron chi connectivity index (χ2n) is 17.3. The van der Waals surface area contributed by atoms with Crippen LogP contribution in [0.2, 0.25) is 0 Å². The Hall–Kier alpha value is -6.14.